The molecule has 0 aliphatic heterocycles. The van der Waals surface area contributed by atoms with Crippen LogP contribution in [0.4, 0.5) is 21.0 Å². The van der Waals surface area contributed by atoms with Gasteiger partial charge in [0.2, 0.25) is 5.95 Å². The van der Waals surface area contributed by atoms with E-state index < -0.39 is 6.09 Å². The maximum Gasteiger partial charge on any atom is 0.404 e. The maximum absolute atomic E-state index is 13.5. The van der Waals surface area contributed by atoms with Gasteiger partial charge in [0.25, 0.3) is 0 Å². The standard InChI is InChI=1S/C26H26FN7O2/c1-17(12-18-4-2-5-19(13-18)16-36-25(28)35)32-26-30-11-9-23(34-26)31-15-22-8-10-29-24(33-22)20-6-3-7-21(27)14-20/h2-11,13-14,17H,12,15-16H2,1H3,(H2,28,35)(H2,30,31,32,34)/t17-/m0/s1. The zero-order chi connectivity index (χ0) is 25.3. The first-order valence-electron chi connectivity index (χ1n) is 11.4. The molecule has 184 valence electrons. The minimum absolute atomic E-state index is 0.0447. The van der Waals surface area contributed by atoms with E-state index in [4.69, 9.17) is 10.5 Å². The van der Waals surface area contributed by atoms with Gasteiger partial charge in [0.1, 0.15) is 18.2 Å². The van der Waals surface area contributed by atoms with Crippen LogP contribution in [0, 0.1) is 5.82 Å². The summed E-state index contributed by atoms with van der Waals surface area (Å²) in [4.78, 5) is 28.4. The molecule has 1 atom stereocenters. The lowest BCUT2D eigenvalue weighted by atomic mass is 10.0. The van der Waals surface area contributed by atoms with Crippen molar-refractivity contribution >= 4 is 17.9 Å². The molecular formula is C26H26FN7O2. The van der Waals surface area contributed by atoms with Gasteiger partial charge in [-0.25, -0.2) is 24.1 Å². The number of carbonyl (C=O) groups is 1. The molecule has 10 heteroatoms. The number of nitrogens with one attached hydrogen (secondary N) is 2. The molecule has 1 amide bonds. The largest absolute Gasteiger partial charge is 0.445 e. The van der Waals surface area contributed by atoms with Gasteiger partial charge in [-0.15, -0.1) is 0 Å². The molecule has 0 saturated carbocycles. The van der Waals surface area contributed by atoms with Crippen LogP contribution in [0.25, 0.3) is 11.4 Å². The van der Waals surface area contributed by atoms with Crippen molar-refractivity contribution in [3.8, 4) is 11.4 Å². The number of nitrogens with zero attached hydrogens (tertiary/aromatic N) is 4. The first-order valence-corrected chi connectivity index (χ1v) is 11.4. The molecule has 9 nitrogen and oxygen atoms in total. The number of halogens is 1. The van der Waals surface area contributed by atoms with Crippen molar-refractivity contribution in [2.24, 2.45) is 5.73 Å². The highest BCUT2D eigenvalue weighted by Crippen LogP contribution is 2.17. The average Bonchev–Trinajstić information content (AvgIpc) is 2.87. The molecule has 0 radical (unpaired) electrons. The number of anilines is 2. The first kappa shape index (κ1) is 24.5. The van der Waals surface area contributed by atoms with Crippen LogP contribution in [-0.4, -0.2) is 32.1 Å². The number of hydrogen-bond acceptors (Lipinski definition) is 8. The summed E-state index contributed by atoms with van der Waals surface area (Å²) in [5, 5.41) is 6.54. The number of ether oxygens (including phenoxy) is 1. The van der Waals surface area contributed by atoms with Crippen molar-refractivity contribution in [1.82, 2.24) is 19.9 Å². The summed E-state index contributed by atoms with van der Waals surface area (Å²) in [5.41, 5.74) is 8.34. The number of aromatic nitrogens is 4. The quantitative estimate of drug-likeness (QED) is 0.302. The number of nitrogens with two attached hydrogens (primary N) is 1. The van der Waals surface area contributed by atoms with E-state index in [-0.39, 0.29) is 18.5 Å². The topological polar surface area (TPSA) is 128 Å². The molecule has 4 aromatic rings. The van der Waals surface area contributed by atoms with Gasteiger partial charge < -0.3 is 21.1 Å². The fraction of sp³-hybridized carbons (Fsp3) is 0.192. The Balaban J connectivity index is 1.34. The van der Waals surface area contributed by atoms with Crippen LogP contribution in [-0.2, 0) is 24.3 Å². The minimum atomic E-state index is -0.798. The number of amides is 1. The van der Waals surface area contributed by atoms with Gasteiger partial charge in [-0.2, -0.15) is 4.98 Å². The molecule has 0 saturated heterocycles. The van der Waals surface area contributed by atoms with Crippen molar-refractivity contribution in [1.29, 1.82) is 0 Å². The normalized spacial score (nSPS) is 11.5. The second-order valence-electron chi connectivity index (χ2n) is 8.18. The molecule has 2 aromatic carbocycles. The van der Waals surface area contributed by atoms with Crippen molar-refractivity contribution in [2.75, 3.05) is 10.6 Å². The van der Waals surface area contributed by atoms with E-state index >= 15 is 0 Å². The lowest BCUT2D eigenvalue weighted by molar-refractivity contribution is 0.150. The van der Waals surface area contributed by atoms with Gasteiger partial charge in [-0.05, 0) is 48.7 Å². The second-order valence-corrected chi connectivity index (χ2v) is 8.18. The maximum atomic E-state index is 13.5. The van der Waals surface area contributed by atoms with E-state index in [1.807, 2.05) is 31.2 Å². The van der Waals surface area contributed by atoms with Crippen LogP contribution >= 0.6 is 0 Å². The fourth-order valence-electron chi connectivity index (χ4n) is 3.59. The smallest absolute Gasteiger partial charge is 0.404 e. The summed E-state index contributed by atoms with van der Waals surface area (Å²) in [7, 11) is 0. The molecule has 0 spiro atoms. The van der Waals surface area contributed by atoms with Crippen molar-refractivity contribution in [3.63, 3.8) is 0 Å². The Morgan fingerprint density at radius 1 is 1.03 bits per heavy atom. The number of benzene rings is 2. The van der Waals surface area contributed by atoms with Crippen LogP contribution in [0.1, 0.15) is 23.7 Å². The van der Waals surface area contributed by atoms with Crippen LogP contribution in [0.2, 0.25) is 0 Å². The zero-order valence-corrected chi connectivity index (χ0v) is 19.7. The number of carbonyl (C=O) groups excluding carboxylic acids is 1. The van der Waals surface area contributed by atoms with Crippen molar-refractivity contribution in [3.05, 3.63) is 95.7 Å². The summed E-state index contributed by atoms with van der Waals surface area (Å²) in [6, 6.07) is 17.6. The van der Waals surface area contributed by atoms with E-state index in [1.54, 1.807) is 36.7 Å². The summed E-state index contributed by atoms with van der Waals surface area (Å²) >= 11 is 0. The molecule has 0 aliphatic carbocycles. The van der Waals surface area contributed by atoms with E-state index in [0.29, 0.717) is 29.7 Å². The Morgan fingerprint density at radius 3 is 2.67 bits per heavy atom. The second kappa shape index (κ2) is 11.7. The van der Waals surface area contributed by atoms with Gasteiger partial charge in [-0.3, -0.25) is 0 Å². The third kappa shape index (κ3) is 7.20. The SMILES string of the molecule is C[C@@H](Cc1cccc(COC(N)=O)c1)Nc1nccc(NCc2ccnc(-c3cccc(F)c3)n2)n1. The average molecular weight is 488 g/mol. The van der Waals surface area contributed by atoms with Gasteiger partial charge in [-0.1, -0.05) is 36.4 Å². The molecule has 2 aromatic heterocycles. The van der Waals surface area contributed by atoms with Gasteiger partial charge in [0, 0.05) is 24.0 Å². The summed E-state index contributed by atoms with van der Waals surface area (Å²) in [6.45, 7) is 2.58. The van der Waals surface area contributed by atoms with Crippen molar-refractivity contribution in [2.45, 2.75) is 32.5 Å². The number of hydrogen-bond donors (Lipinski definition) is 3. The zero-order valence-electron chi connectivity index (χ0n) is 19.7. The molecule has 0 fully saturated rings. The Kier molecular flexibility index (Phi) is 7.97. The Morgan fingerprint density at radius 2 is 1.83 bits per heavy atom. The molecule has 0 aliphatic rings. The molecular weight excluding hydrogens is 461 g/mol. The summed E-state index contributed by atoms with van der Waals surface area (Å²) in [5.74, 6) is 1.25. The fourth-order valence-corrected chi connectivity index (χ4v) is 3.59. The predicted molar refractivity (Wildman–Crippen MR) is 134 cm³/mol. The first-order chi connectivity index (χ1) is 17.4. The number of rotatable bonds is 10. The molecule has 0 unspecified atom stereocenters. The van der Waals surface area contributed by atoms with E-state index in [2.05, 4.69) is 30.6 Å². The summed E-state index contributed by atoms with van der Waals surface area (Å²) < 4.78 is 18.4. The molecule has 36 heavy (non-hydrogen) atoms. The highest BCUT2D eigenvalue weighted by Gasteiger charge is 2.09. The van der Waals surface area contributed by atoms with Gasteiger partial charge >= 0.3 is 6.09 Å². The molecule has 4 N–H and O–H groups in total. The minimum Gasteiger partial charge on any atom is -0.445 e. The monoisotopic (exact) mass is 487 g/mol. The third-order valence-corrected chi connectivity index (χ3v) is 5.19. The van der Waals surface area contributed by atoms with Crippen LogP contribution in [0.3, 0.4) is 0 Å². The highest BCUT2D eigenvalue weighted by molar-refractivity contribution is 5.64. The Bertz CT molecular complexity index is 1330. The van der Waals surface area contributed by atoms with Crippen LogP contribution < -0.4 is 16.4 Å². The van der Waals surface area contributed by atoms with Crippen LogP contribution in [0.5, 0.6) is 0 Å². The van der Waals surface area contributed by atoms with Crippen molar-refractivity contribution < 1.29 is 13.9 Å². The van der Waals surface area contributed by atoms with Crippen LogP contribution in [0.15, 0.2) is 73.1 Å². The lowest BCUT2D eigenvalue weighted by Gasteiger charge is -2.15. The Hall–Kier alpha value is -4.60. The summed E-state index contributed by atoms with van der Waals surface area (Å²) in [6.07, 6.45) is 3.24. The lowest BCUT2D eigenvalue weighted by Crippen LogP contribution is -2.20. The molecule has 0 bridgehead atoms. The predicted octanol–water partition coefficient (Wildman–Crippen LogP) is 4.32. The highest BCUT2D eigenvalue weighted by atomic mass is 19.1. The van der Waals surface area contributed by atoms with Gasteiger partial charge in [0.15, 0.2) is 5.82 Å². The molecule has 4 rings (SSSR count). The van der Waals surface area contributed by atoms with E-state index in [1.165, 1.54) is 12.1 Å². The Labute approximate surface area is 208 Å². The number of primary amides is 1. The van der Waals surface area contributed by atoms with Gasteiger partial charge in [0.05, 0.1) is 12.2 Å². The van der Waals surface area contributed by atoms with E-state index in [9.17, 15) is 9.18 Å². The van der Waals surface area contributed by atoms with E-state index in [0.717, 1.165) is 23.2 Å². The molecule has 2 heterocycles. The third-order valence-electron chi connectivity index (χ3n) is 5.19.